The van der Waals surface area contributed by atoms with Gasteiger partial charge in [0.25, 0.3) is 5.91 Å². The molecule has 1 aliphatic heterocycles. The van der Waals surface area contributed by atoms with Crippen LogP contribution in [-0.4, -0.2) is 43.9 Å². The molecule has 0 radical (unpaired) electrons. The Balaban J connectivity index is 1.59. The van der Waals surface area contributed by atoms with Crippen LogP contribution in [0.3, 0.4) is 0 Å². The van der Waals surface area contributed by atoms with Crippen LogP contribution in [0.4, 0.5) is 0 Å². The Morgan fingerprint density at radius 1 is 1.30 bits per heavy atom. The molecule has 2 heterocycles. The molecule has 0 saturated carbocycles. The van der Waals surface area contributed by atoms with Crippen LogP contribution in [0, 0.1) is 0 Å². The molecule has 2 aromatic rings. The molecule has 0 spiro atoms. The molecular formula is C18H20Cl2N3O2S2+. The van der Waals surface area contributed by atoms with Gasteiger partial charge < -0.3 is 15.0 Å². The van der Waals surface area contributed by atoms with Crippen LogP contribution in [-0.2, 0) is 4.74 Å². The van der Waals surface area contributed by atoms with Crippen LogP contribution >= 0.6 is 46.8 Å². The van der Waals surface area contributed by atoms with Gasteiger partial charge in [-0.2, -0.15) is 0 Å². The van der Waals surface area contributed by atoms with Gasteiger partial charge >= 0.3 is 0 Å². The summed E-state index contributed by atoms with van der Waals surface area (Å²) in [5.74, 6) is -0.361. The van der Waals surface area contributed by atoms with Gasteiger partial charge in [0.2, 0.25) is 0 Å². The molecular weight excluding hydrogens is 425 g/mol. The first-order valence-electron chi connectivity index (χ1n) is 8.54. The summed E-state index contributed by atoms with van der Waals surface area (Å²) in [6.07, 6.45) is 0. The number of hydrogen-bond acceptors (Lipinski definition) is 4. The predicted octanol–water partition coefficient (Wildman–Crippen LogP) is 2.32. The molecule has 1 aromatic carbocycles. The van der Waals surface area contributed by atoms with E-state index in [0.717, 1.165) is 26.3 Å². The molecule has 3 N–H and O–H groups in total. The molecule has 9 heteroatoms. The number of nitrogens with one attached hydrogen (secondary N) is 3. The van der Waals surface area contributed by atoms with E-state index < -0.39 is 0 Å². The largest absolute Gasteiger partial charge is 0.370 e. The maximum Gasteiger partial charge on any atom is 0.258 e. The standard InChI is InChI=1S/C18H19Cl2N3O2S2/c19-12-3-4-13(14(20)10-12)17(24)22-18(26)21-11-15(16-2-1-9-27-16)23-5-7-25-8-6-23/h1-4,9-10,15H,5-8,11H2,(H2,21,22,24,26)/p+1/t15-/m0/s1. The SMILES string of the molecule is O=C(NC(=S)NC[C@@H](c1cccs1)[NH+]1CCOCC1)c1ccc(Cl)cc1Cl. The highest BCUT2D eigenvalue weighted by Crippen LogP contribution is 2.21. The van der Waals surface area contributed by atoms with Gasteiger partial charge in [0, 0.05) is 5.02 Å². The maximum absolute atomic E-state index is 12.4. The molecule has 0 aliphatic carbocycles. The summed E-state index contributed by atoms with van der Waals surface area (Å²) in [5, 5.41) is 8.98. The number of thiophene rings is 1. The first-order valence-corrected chi connectivity index (χ1v) is 10.6. The zero-order valence-corrected chi connectivity index (χ0v) is 17.6. The number of benzene rings is 1. The van der Waals surface area contributed by atoms with E-state index in [4.69, 9.17) is 40.2 Å². The number of hydrogen-bond donors (Lipinski definition) is 3. The number of carbonyl (C=O) groups excluding carboxylic acids is 1. The van der Waals surface area contributed by atoms with Gasteiger partial charge in [-0.15, -0.1) is 11.3 Å². The number of rotatable bonds is 5. The van der Waals surface area contributed by atoms with Crippen molar-refractivity contribution < 1.29 is 14.4 Å². The molecule has 1 fully saturated rings. The van der Waals surface area contributed by atoms with E-state index in [1.165, 1.54) is 15.8 Å². The summed E-state index contributed by atoms with van der Waals surface area (Å²) in [6.45, 7) is 4.04. The van der Waals surface area contributed by atoms with Crippen LogP contribution in [0.25, 0.3) is 0 Å². The van der Waals surface area contributed by atoms with Gasteiger partial charge in [0.05, 0.1) is 35.2 Å². The maximum atomic E-state index is 12.4. The molecule has 144 valence electrons. The zero-order chi connectivity index (χ0) is 19.2. The third-order valence-corrected chi connectivity index (χ3v) is 6.16. The van der Waals surface area contributed by atoms with Crippen molar-refractivity contribution in [3.8, 4) is 0 Å². The average Bonchev–Trinajstić information content (AvgIpc) is 3.17. The Morgan fingerprint density at radius 2 is 2.07 bits per heavy atom. The van der Waals surface area contributed by atoms with E-state index in [-0.39, 0.29) is 22.1 Å². The molecule has 1 aliphatic rings. The normalized spacial score (nSPS) is 15.9. The first-order chi connectivity index (χ1) is 13.0. The van der Waals surface area contributed by atoms with E-state index in [0.29, 0.717) is 17.1 Å². The summed E-state index contributed by atoms with van der Waals surface area (Å²) in [5.41, 5.74) is 0.332. The van der Waals surface area contributed by atoms with Crippen LogP contribution in [0.1, 0.15) is 21.3 Å². The zero-order valence-electron chi connectivity index (χ0n) is 14.5. The van der Waals surface area contributed by atoms with Crippen molar-refractivity contribution in [1.29, 1.82) is 0 Å². The summed E-state index contributed by atoms with van der Waals surface area (Å²) in [6, 6.07) is 9.16. The molecule has 5 nitrogen and oxygen atoms in total. The molecule has 0 bridgehead atoms. The van der Waals surface area contributed by atoms with E-state index in [2.05, 4.69) is 28.1 Å². The van der Waals surface area contributed by atoms with Crippen molar-refractivity contribution in [2.75, 3.05) is 32.8 Å². The molecule has 1 aromatic heterocycles. The second-order valence-electron chi connectivity index (χ2n) is 6.13. The topological polar surface area (TPSA) is 54.8 Å². The highest BCUT2D eigenvalue weighted by atomic mass is 35.5. The Labute approximate surface area is 177 Å². The number of ether oxygens (including phenoxy) is 1. The molecule has 1 atom stereocenters. The lowest BCUT2D eigenvalue weighted by Gasteiger charge is -2.31. The van der Waals surface area contributed by atoms with E-state index in [9.17, 15) is 4.79 Å². The fourth-order valence-corrected chi connectivity index (χ4v) is 4.56. The van der Waals surface area contributed by atoms with Crippen LogP contribution in [0.5, 0.6) is 0 Å². The lowest BCUT2D eigenvalue weighted by Crippen LogP contribution is -3.15. The summed E-state index contributed by atoms with van der Waals surface area (Å²) >= 11 is 19.0. The Kier molecular flexibility index (Phi) is 7.46. The van der Waals surface area contributed by atoms with E-state index in [1.54, 1.807) is 23.5 Å². The molecule has 1 saturated heterocycles. The lowest BCUT2D eigenvalue weighted by molar-refractivity contribution is -0.937. The van der Waals surface area contributed by atoms with Gasteiger partial charge in [-0.05, 0) is 41.9 Å². The van der Waals surface area contributed by atoms with Crippen LogP contribution in [0.2, 0.25) is 10.0 Å². The lowest BCUT2D eigenvalue weighted by atomic mass is 10.2. The van der Waals surface area contributed by atoms with E-state index in [1.807, 2.05) is 0 Å². The summed E-state index contributed by atoms with van der Waals surface area (Å²) < 4.78 is 5.47. The number of quaternary nitrogens is 1. The smallest absolute Gasteiger partial charge is 0.258 e. The predicted molar refractivity (Wildman–Crippen MR) is 113 cm³/mol. The Morgan fingerprint density at radius 3 is 2.74 bits per heavy atom. The Bertz CT molecular complexity index is 796. The summed E-state index contributed by atoms with van der Waals surface area (Å²) in [4.78, 5) is 15.1. The first kappa shape index (κ1) is 20.5. The van der Waals surface area contributed by atoms with Gasteiger partial charge in [-0.1, -0.05) is 29.3 Å². The minimum absolute atomic E-state index is 0.253. The van der Waals surface area contributed by atoms with Crippen LogP contribution < -0.4 is 15.5 Å². The molecule has 1 amide bonds. The van der Waals surface area contributed by atoms with Gasteiger partial charge in [-0.25, -0.2) is 0 Å². The third-order valence-electron chi connectivity index (χ3n) is 4.38. The average molecular weight is 445 g/mol. The highest BCUT2D eigenvalue weighted by Gasteiger charge is 2.27. The minimum atomic E-state index is -0.361. The van der Waals surface area contributed by atoms with Crippen molar-refractivity contribution in [3.05, 3.63) is 56.2 Å². The molecule has 3 rings (SSSR count). The van der Waals surface area contributed by atoms with Crippen molar-refractivity contribution in [2.45, 2.75) is 6.04 Å². The highest BCUT2D eigenvalue weighted by molar-refractivity contribution is 7.80. The number of amides is 1. The fourth-order valence-electron chi connectivity index (χ4n) is 3.00. The number of carbonyl (C=O) groups is 1. The van der Waals surface area contributed by atoms with Crippen molar-refractivity contribution >= 4 is 57.8 Å². The number of thiocarbonyl (C=S) groups is 1. The van der Waals surface area contributed by atoms with Gasteiger partial charge in [-0.3, -0.25) is 10.1 Å². The molecule has 0 unspecified atom stereocenters. The quantitative estimate of drug-likeness (QED) is 0.619. The monoisotopic (exact) mass is 444 g/mol. The summed E-state index contributed by atoms with van der Waals surface area (Å²) in [7, 11) is 0. The second-order valence-corrected chi connectivity index (χ2v) is 8.36. The molecule has 27 heavy (non-hydrogen) atoms. The second kappa shape index (κ2) is 9.82. The van der Waals surface area contributed by atoms with Gasteiger partial charge in [0.15, 0.2) is 5.11 Å². The van der Waals surface area contributed by atoms with Gasteiger partial charge in [0.1, 0.15) is 19.1 Å². The third kappa shape index (κ3) is 5.63. The fraction of sp³-hybridized carbons (Fsp3) is 0.333. The number of morpholine rings is 1. The van der Waals surface area contributed by atoms with Crippen LogP contribution in [0.15, 0.2) is 35.7 Å². The van der Waals surface area contributed by atoms with Crippen molar-refractivity contribution in [2.24, 2.45) is 0 Å². The van der Waals surface area contributed by atoms with Crippen molar-refractivity contribution in [1.82, 2.24) is 10.6 Å². The number of halogens is 2. The minimum Gasteiger partial charge on any atom is -0.370 e. The van der Waals surface area contributed by atoms with E-state index >= 15 is 0 Å². The van der Waals surface area contributed by atoms with Crippen molar-refractivity contribution in [3.63, 3.8) is 0 Å². The Hall–Kier alpha value is -1.22.